The van der Waals surface area contributed by atoms with Gasteiger partial charge in [0, 0.05) is 0 Å². The first-order valence-corrected chi connectivity index (χ1v) is 9.12. The van der Waals surface area contributed by atoms with Gasteiger partial charge in [-0.2, -0.15) is 0 Å². The van der Waals surface area contributed by atoms with E-state index in [1.165, 1.54) is 13.2 Å². The molecule has 0 unspecified atom stereocenters. The Hall–Kier alpha value is -3.04. The van der Waals surface area contributed by atoms with E-state index in [0.717, 1.165) is 0 Å². The Morgan fingerprint density at radius 1 is 1.11 bits per heavy atom. The molecule has 2 aromatic rings. The van der Waals surface area contributed by atoms with E-state index in [1.807, 2.05) is 0 Å². The van der Waals surface area contributed by atoms with Crippen LogP contribution in [0.5, 0.6) is 11.5 Å². The molecule has 3 rings (SSSR count). The zero-order chi connectivity index (χ0) is 20.3. The molecule has 142 valence electrons. The van der Waals surface area contributed by atoms with E-state index in [0.29, 0.717) is 15.6 Å². The quantitative estimate of drug-likeness (QED) is 0.239. The number of rotatable bonds is 4. The van der Waals surface area contributed by atoms with Gasteiger partial charge in [0.1, 0.15) is 5.57 Å². The molecule has 7 nitrogen and oxygen atoms in total. The van der Waals surface area contributed by atoms with Gasteiger partial charge < -0.3 is 9.47 Å². The van der Waals surface area contributed by atoms with Gasteiger partial charge in [-0.25, -0.2) is 4.79 Å². The van der Waals surface area contributed by atoms with Gasteiger partial charge in [-0.15, -0.1) is 0 Å². The molecule has 0 bridgehead atoms. The highest BCUT2D eigenvalue weighted by Crippen LogP contribution is 2.37. The third-order valence-corrected chi connectivity index (χ3v) is 4.50. The van der Waals surface area contributed by atoms with E-state index in [-0.39, 0.29) is 22.2 Å². The summed E-state index contributed by atoms with van der Waals surface area (Å²) in [5.74, 6) is -1.34. The van der Waals surface area contributed by atoms with Gasteiger partial charge in [-0.05, 0) is 64.1 Å². The molecule has 1 aliphatic rings. The lowest BCUT2D eigenvalue weighted by molar-refractivity contribution is -0.123. The first-order chi connectivity index (χ1) is 13.4. The Kier molecular flexibility index (Phi) is 5.86. The van der Waals surface area contributed by atoms with Crippen molar-refractivity contribution in [1.29, 1.82) is 0 Å². The second-order valence-electron chi connectivity index (χ2n) is 5.59. The maximum Gasteiger partial charge on any atom is 0.343 e. The van der Waals surface area contributed by atoms with Gasteiger partial charge in [-0.3, -0.25) is 20.2 Å². The number of benzene rings is 2. The third kappa shape index (κ3) is 4.26. The summed E-state index contributed by atoms with van der Waals surface area (Å²) in [5, 5.41) is 4.67. The molecular formula is C19H13BrN2O5S. The van der Waals surface area contributed by atoms with Crippen molar-refractivity contribution < 1.29 is 23.9 Å². The number of ether oxygens (including phenoxy) is 2. The molecule has 2 N–H and O–H groups in total. The minimum Gasteiger partial charge on any atom is -0.493 e. The second-order valence-corrected chi connectivity index (χ2v) is 6.85. The van der Waals surface area contributed by atoms with Gasteiger partial charge in [0.05, 0.1) is 17.1 Å². The standard InChI is InChI=1S/C19H13BrN2O5S/c1-26-14-9-10(7-12-16(23)21-19(28)22-17(12)24)8-13(20)15(14)27-18(25)11-5-3-2-4-6-11/h2-9H,1H3,(H2,21,22,23,24,28). The summed E-state index contributed by atoms with van der Waals surface area (Å²) in [6, 6.07) is 11.6. The number of hydrogen-bond donors (Lipinski definition) is 2. The van der Waals surface area contributed by atoms with Crippen molar-refractivity contribution in [3.8, 4) is 11.5 Å². The van der Waals surface area contributed by atoms with E-state index >= 15 is 0 Å². The van der Waals surface area contributed by atoms with Crippen LogP contribution in [0.1, 0.15) is 15.9 Å². The van der Waals surface area contributed by atoms with E-state index < -0.39 is 17.8 Å². The molecule has 0 atom stereocenters. The average molecular weight is 461 g/mol. The second kappa shape index (κ2) is 8.32. The van der Waals surface area contributed by atoms with E-state index in [2.05, 4.69) is 26.6 Å². The minimum absolute atomic E-state index is 0.0471. The van der Waals surface area contributed by atoms with Crippen LogP contribution in [0, 0.1) is 0 Å². The highest BCUT2D eigenvalue weighted by atomic mass is 79.9. The maximum atomic E-state index is 12.3. The molecule has 0 spiro atoms. The van der Waals surface area contributed by atoms with Gasteiger partial charge in [-0.1, -0.05) is 18.2 Å². The summed E-state index contributed by atoms with van der Waals surface area (Å²) in [4.78, 5) is 36.3. The highest BCUT2D eigenvalue weighted by molar-refractivity contribution is 9.10. The fraction of sp³-hybridized carbons (Fsp3) is 0.0526. The lowest BCUT2D eigenvalue weighted by atomic mass is 10.1. The number of amides is 2. The van der Waals surface area contributed by atoms with Crippen LogP contribution < -0.4 is 20.1 Å². The van der Waals surface area contributed by atoms with Gasteiger partial charge >= 0.3 is 5.97 Å². The first-order valence-electron chi connectivity index (χ1n) is 7.92. The van der Waals surface area contributed by atoms with Crippen molar-refractivity contribution in [2.75, 3.05) is 7.11 Å². The topological polar surface area (TPSA) is 93.7 Å². The molecule has 2 aromatic carbocycles. The van der Waals surface area contributed by atoms with Crippen molar-refractivity contribution in [2.24, 2.45) is 0 Å². The van der Waals surface area contributed by atoms with Crippen molar-refractivity contribution in [2.45, 2.75) is 0 Å². The Balaban J connectivity index is 1.93. The Labute approximate surface area is 173 Å². The van der Waals surface area contributed by atoms with E-state index in [1.54, 1.807) is 42.5 Å². The van der Waals surface area contributed by atoms with E-state index in [4.69, 9.17) is 21.7 Å². The summed E-state index contributed by atoms with van der Waals surface area (Å²) >= 11 is 8.10. The number of methoxy groups -OCH3 is 1. The van der Waals surface area contributed by atoms with E-state index in [9.17, 15) is 14.4 Å². The number of hydrogen-bond acceptors (Lipinski definition) is 6. The molecule has 28 heavy (non-hydrogen) atoms. The van der Waals surface area contributed by atoms with Gasteiger partial charge in [0.2, 0.25) is 0 Å². The largest absolute Gasteiger partial charge is 0.493 e. The molecule has 2 amide bonds. The van der Waals surface area contributed by atoms with Gasteiger partial charge in [0.15, 0.2) is 16.6 Å². The smallest absolute Gasteiger partial charge is 0.343 e. The Morgan fingerprint density at radius 2 is 1.75 bits per heavy atom. The predicted octanol–water partition coefficient (Wildman–Crippen LogP) is 2.59. The van der Waals surface area contributed by atoms with Crippen LogP contribution in [0.25, 0.3) is 6.08 Å². The van der Waals surface area contributed by atoms with Crippen molar-refractivity contribution in [1.82, 2.24) is 10.6 Å². The van der Waals surface area contributed by atoms with Crippen LogP contribution in [0.3, 0.4) is 0 Å². The first kappa shape index (κ1) is 19.7. The lowest BCUT2D eigenvalue weighted by Gasteiger charge is -2.17. The van der Waals surface area contributed by atoms with Crippen molar-refractivity contribution in [3.05, 3.63) is 63.6 Å². The number of carbonyl (C=O) groups is 3. The molecule has 0 aromatic heterocycles. The molecule has 0 aliphatic carbocycles. The number of esters is 1. The van der Waals surface area contributed by atoms with Gasteiger partial charge in [0.25, 0.3) is 11.8 Å². The summed E-state index contributed by atoms with van der Waals surface area (Å²) in [6.07, 6.45) is 1.38. The maximum absolute atomic E-state index is 12.3. The molecule has 0 saturated carbocycles. The van der Waals surface area contributed by atoms with Crippen LogP contribution in [0.2, 0.25) is 0 Å². The molecule has 9 heteroatoms. The fourth-order valence-corrected chi connectivity index (χ4v) is 3.15. The zero-order valence-corrected chi connectivity index (χ0v) is 16.8. The van der Waals surface area contributed by atoms with Crippen LogP contribution in [-0.4, -0.2) is 30.0 Å². The summed E-state index contributed by atoms with van der Waals surface area (Å²) < 4.78 is 11.2. The lowest BCUT2D eigenvalue weighted by Crippen LogP contribution is -2.51. The molecule has 1 heterocycles. The summed E-state index contributed by atoms with van der Waals surface area (Å²) in [7, 11) is 1.41. The van der Waals surface area contributed by atoms with Crippen LogP contribution in [0.15, 0.2) is 52.5 Å². The summed E-state index contributed by atoms with van der Waals surface area (Å²) in [5.41, 5.74) is 0.752. The van der Waals surface area contributed by atoms with Crippen LogP contribution >= 0.6 is 28.1 Å². The number of thiocarbonyl (C=S) groups is 1. The molecule has 0 radical (unpaired) electrons. The average Bonchev–Trinajstić information content (AvgIpc) is 2.67. The molecule has 1 saturated heterocycles. The van der Waals surface area contributed by atoms with Crippen LogP contribution in [-0.2, 0) is 9.59 Å². The summed E-state index contributed by atoms with van der Waals surface area (Å²) in [6.45, 7) is 0. The third-order valence-electron chi connectivity index (χ3n) is 3.71. The highest BCUT2D eigenvalue weighted by Gasteiger charge is 2.26. The zero-order valence-electron chi connectivity index (χ0n) is 14.4. The SMILES string of the molecule is COc1cc(C=C2C(=O)NC(=S)NC2=O)cc(Br)c1OC(=O)c1ccccc1. The Morgan fingerprint density at radius 3 is 2.36 bits per heavy atom. The normalized spacial score (nSPS) is 13.5. The predicted molar refractivity (Wildman–Crippen MR) is 109 cm³/mol. The number of halogens is 1. The number of carbonyl (C=O) groups excluding carboxylic acids is 3. The van der Waals surface area contributed by atoms with Crippen LogP contribution in [0.4, 0.5) is 0 Å². The Bertz CT molecular complexity index is 998. The number of nitrogens with one attached hydrogen (secondary N) is 2. The minimum atomic E-state index is -0.608. The molecular weight excluding hydrogens is 448 g/mol. The van der Waals surface area contributed by atoms with Crippen molar-refractivity contribution >= 4 is 57.1 Å². The van der Waals surface area contributed by atoms with Crippen molar-refractivity contribution in [3.63, 3.8) is 0 Å². The molecule has 1 aliphatic heterocycles. The molecule has 1 fully saturated rings. The fourth-order valence-electron chi connectivity index (χ4n) is 2.42. The monoisotopic (exact) mass is 460 g/mol.